The van der Waals surface area contributed by atoms with Crippen molar-refractivity contribution in [1.82, 2.24) is 15.1 Å². The Labute approximate surface area is 160 Å². The van der Waals surface area contributed by atoms with Crippen molar-refractivity contribution in [3.8, 4) is 22.8 Å². The number of anilines is 1. The molecule has 1 aromatic heterocycles. The number of halogens is 1. The molecule has 0 radical (unpaired) electrons. The molecule has 0 atom stereocenters. The van der Waals surface area contributed by atoms with E-state index in [1.54, 1.807) is 29.2 Å². The second-order valence-electron chi connectivity index (χ2n) is 6.45. The number of nitrogens with one attached hydrogen (secondary N) is 1. The van der Waals surface area contributed by atoms with Gasteiger partial charge in [-0.1, -0.05) is 11.6 Å². The third kappa shape index (κ3) is 3.06. The molecule has 5 N–H and O–H groups in total. The lowest BCUT2D eigenvalue weighted by Gasteiger charge is -2.27. The number of fused-ring (bicyclic) bond motifs is 1. The number of nitrogens with zero attached hydrogens (tertiary/aromatic N) is 2. The minimum atomic E-state index is -0.206. The van der Waals surface area contributed by atoms with Crippen LogP contribution in [-0.2, 0) is 13.0 Å². The van der Waals surface area contributed by atoms with Crippen molar-refractivity contribution >= 4 is 23.2 Å². The highest BCUT2D eigenvalue weighted by molar-refractivity contribution is 6.32. The molecule has 2 aromatic carbocycles. The van der Waals surface area contributed by atoms with Crippen LogP contribution in [0.2, 0.25) is 5.02 Å². The summed E-state index contributed by atoms with van der Waals surface area (Å²) in [6.45, 7) is 0.905. The van der Waals surface area contributed by atoms with E-state index < -0.39 is 0 Å². The van der Waals surface area contributed by atoms with Gasteiger partial charge in [0.1, 0.15) is 17.2 Å². The molecule has 0 unspecified atom stereocenters. The monoisotopic (exact) mass is 384 g/mol. The Morgan fingerprint density at radius 1 is 1.19 bits per heavy atom. The summed E-state index contributed by atoms with van der Waals surface area (Å²) in [7, 11) is 0. The van der Waals surface area contributed by atoms with E-state index in [4.69, 9.17) is 17.3 Å². The molecule has 0 saturated heterocycles. The molecule has 0 aliphatic carbocycles. The molecule has 7 nitrogen and oxygen atoms in total. The van der Waals surface area contributed by atoms with Crippen LogP contribution in [0, 0.1) is 0 Å². The number of aromatic hydroxyl groups is 2. The van der Waals surface area contributed by atoms with Gasteiger partial charge in [-0.25, -0.2) is 0 Å². The van der Waals surface area contributed by atoms with Crippen LogP contribution >= 0.6 is 11.6 Å². The van der Waals surface area contributed by atoms with Crippen molar-refractivity contribution in [3.63, 3.8) is 0 Å². The average Bonchev–Trinajstić information content (AvgIpc) is 3.07. The zero-order valence-electron chi connectivity index (χ0n) is 14.2. The van der Waals surface area contributed by atoms with Crippen LogP contribution in [0.4, 0.5) is 5.69 Å². The first-order valence-electron chi connectivity index (χ1n) is 8.37. The van der Waals surface area contributed by atoms with Gasteiger partial charge in [0.05, 0.1) is 5.02 Å². The number of phenolic OH excluding ortho intramolecular Hbond substituents is 2. The Kier molecular flexibility index (Phi) is 4.16. The summed E-state index contributed by atoms with van der Waals surface area (Å²) >= 11 is 5.98. The zero-order valence-corrected chi connectivity index (χ0v) is 15.0. The Bertz CT molecular complexity index is 1030. The quantitative estimate of drug-likeness (QED) is 0.507. The van der Waals surface area contributed by atoms with E-state index in [2.05, 4.69) is 10.2 Å². The number of aromatic nitrogens is 2. The molecule has 0 saturated carbocycles. The lowest BCUT2D eigenvalue weighted by atomic mass is 9.99. The highest BCUT2D eigenvalue weighted by Gasteiger charge is 2.27. The third-order valence-electron chi connectivity index (χ3n) is 4.70. The molecular formula is C19H17ClN4O3. The van der Waals surface area contributed by atoms with Crippen molar-refractivity contribution < 1.29 is 15.0 Å². The summed E-state index contributed by atoms with van der Waals surface area (Å²) < 4.78 is 0. The summed E-state index contributed by atoms with van der Waals surface area (Å²) in [4.78, 5) is 14.5. The fourth-order valence-corrected chi connectivity index (χ4v) is 3.40. The van der Waals surface area contributed by atoms with Gasteiger partial charge in [0.15, 0.2) is 0 Å². The summed E-state index contributed by atoms with van der Waals surface area (Å²) in [6.07, 6.45) is 0.621. The van der Waals surface area contributed by atoms with Crippen LogP contribution < -0.4 is 5.73 Å². The molecule has 1 aliphatic heterocycles. The van der Waals surface area contributed by atoms with E-state index in [0.717, 1.165) is 11.3 Å². The smallest absolute Gasteiger partial charge is 0.254 e. The Balaban J connectivity index is 1.67. The fraction of sp³-hybridized carbons (Fsp3) is 0.158. The summed E-state index contributed by atoms with van der Waals surface area (Å²) in [5, 5.41) is 27.2. The van der Waals surface area contributed by atoms with Crippen molar-refractivity contribution in [3.05, 3.63) is 58.2 Å². The van der Waals surface area contributed by atoms with Crippen LogP contribution in [0.1, 0.15) is 21.6 Å². The molecule has 0 spiro atoms. The number of phenols is 2. The van der Waals surface area contributed by atoms with E-state index in [1.165, 1.54) is 12.1 Å². The Morgan fingerprint density at radius 3 is 2.67 bits per heavy atom. The number of nitrogens with two attached hydrogens (primary N) is 1. The number of aromatic amines is 1. The van der Waals surface area contributed by atoms with Crippen molar-refractivity contribution in [1.29, 1.82) is 0 Å². The van der Waals surface area contributed by atoms with Gasteiger partial charge in [-0.2, -0.15) is 5.10 Å². The maximum absolute atomic E-state index is 12.8. The number of carbonyl (C=O) groups is 1. The lowest BCUT2D eigenvalue weighted by molar-refractivity contribution is 0.0734. The van der Waals surface area contributed by atoms with E-state index >= 15 is 0 Å². The van der Waals surface area contributed by atoms with E-state index in [0.29, 0.717) is 42.0 Å². The largest absolute Gasteiger partial charge is 0.507 e. The van der Waals surface area contributed by atoms with Gasteiger partial charge in [-0.05, 0) is 30.3 Å². The van der Waals surface area contributed by atoms with Crippen LogP contribution in [0.5, 0.6) is 11.5 Å². The molecule has 1 amide bonds. The highest BCUT2D eigenvalue weighted by Crippen LogP contribution is 2.39. The number of hydrogen-bond acceptors (Lipinski definition) is 5. The highest BCUT2D eigenvalue weighted by atomic mass is 35.5. The van der Waals surface area contributed by atoms with Gasteiger partial charge in [-0.3, -0.25) is 9.89 Å². The van der Waals surface area contributed by atoms with Gasteiger partial charge >= 0.3 is 0 Å². The minimum Gasteiger partial charge on any atom is -0.507 e. The normalized spacial score (nSPS) is 13.4. The van der Waals surface area contributed by atoms with Gasteiger partial charge < -0.3 is 20.8 Å². The van der Waals surface area contributed by atoms with Gasteiger partial charge in [0.2, 0.25) is 0 Å². The van der Waals surface area contributed by atoms with E-state index in [-0.39, 0.29) is 22.4 Å². The van der Waals surface area contributed by atoms with E-state index in [9.17, 15) is 15.0 Å². The second-order valence-corrected chi connectivity index (χ2v) is 6.86. The van der Waals surface area contributed by atoms with Crippen molar-refractivity contribution in [2.75, 3.05) is 12.3 Å². The molecule has 1 aliphatic rings. The first kappa shape index (κ1) is 17.2. The maximum atomic E-state index is 12.8. The Morgan fingerprint density at radius 2 is 1.93 bits per heavy atom. The Hall–Kier alpha value is -3.19. The number of hydrogen-bond donors (Lipinski definition) is 4. The maximum Gasteiger partial charge on any atom is 0.254 e. The van der Waals surface area contributed by atoms with Crippen LogP contribution in [0.3, 0.4) is 0 Å². The third-order valence-corrected chi connectivity index (χ3v) is 5.00. The lowest BCUT2D eigenvalue weighted by Crippen LogP contribution is -2.35. The summed E-state index contributed by atoms with van der Waals surface area (Å²) in [6, 6.07) is 9.44. The number of amides is 1. The number of nitrogen functional groups attached to an aromatic ring is 1. The van der Waals surface area contributed by atoms with Crippen LogP contribution in [0.25, 0.3) is 11.3 Å². The predicted octanol–water partition coefficient (Wildman–Crippen LogP) is 2.92. The van der Waals surface area contributed by atoms with Crippen molar-refractivity contribution in [2.45, 2.75) is 13.0 Å². The molecule has 8 heteroatoms. The first-order valence-corrected chi connectivity index (χ1v) is 8.74. The standard InChI is InChI=1S/C19H17ClN4O3/c20-14-7-12(16(25)8-17(14)26)18-13-9-24(6-5-15(13)22-23-18)19(27)10-1-3-11(21)4-2-10/h1-4,7-8,25-26H,5-6,9,21H2,(H,22,23). The van der Waals surface area contributed by atoms with Gasteiger partial charge in [0.25, 0.3) is 5.91 Å². The van der Waals surface area contributed by atoms with Crippen molar-refractivity contribution in [2.24, 2.45) is 0 Å². The molecule has 0 fully saturated rings. The summed E-state index contributed by atoms with van der Waals surface area (Å²) in [5.74, 6) is -0.434. The van der Waals surface area contributed by atoms with Gasteiger partial charge in [0, 0.05) is 53.6 Å². The first-order chi connectivity index (χ1) is 12.9. The van der Waals surface area contributed by atoms with E-state index in [1.807, 2.05) is 0 Å². The molecule has 138 valence electrons. The summed E-state index contributed by atoms with van der Waals surface area (Å²) in [5.41, 5.74) is 9.50. The molecular weight excluding hydrogens is 368 g/mol. The second kappa shape index (κ2) is 6.51. The number of H-pyrrole nitrogens is 1. The fourth-order valence-electron chi connectivity index (χ4n) is 3.24. The molecule has 3 aromatic rings. The topological polar surface area (TPSA) is 115 Å². The zero-order chi connectivity index (χ0) is 19.1. The van der Waals surface area contributed by atoms with Crippen LogP contribution in [-0.4, -0.2) is 37.8 Å². The van der Waals surface area contributed by atoms with Crippen LogP contribution in [0.15, 0.2) is 36.4 Å². The average molecular weight is 385 g/mol. The molecule has 0 bridgehead atoms. The molecule has 27 heavy (non-hydrogen) atoms. The molecule has 4 rings (SSSR count). The SMILES string of the molecule is Nc1ccc(C(=O)N2CCc3[nH]nc(-c4cc(Cl)c(O)cc4O)c3C2)cc1. The van der Waals surface area contributed by atoms with Gasteiger partial charge in [-0.15, -0.1) is 0 Å². The number of benzene rings is 2. The number of carbonyl (C=O) groups excluding carboxylic acids is 1. The number of rotatable bonds is 2. The minimum absolute atomic E-state index is 0.0965. The predicted molar refractivity (Wildman–Crippen MR) is 102 cm³/mol. The molecule has 2 heterocycles.